The van der Waals surface area contributed by atoms with E-state index in [1.54, 1.807) is 0 Å². The molecule has 1 aliphatic heterocycles. The summed E-state index contributed by atoms with van der Waals surface area (Å²) in [5.41, 5.74) is 0. The van der Waals surface area contributed by atoms with Gasteiger partial charge in [0, 0.05) is 19.1 Å². The zero-order chi connectivity index (χ0) is 13.4. The summed E-state index contributed by atoms with van der Waals surface area (Å²) in [5.74, 6) is 0.834. The highest BCUT2D eigenvalue weighted by atomic mass is 16.2. The van der Waals surface area contributed by atoms with Crippen LogP contribution in [0.3, 0.4) is 0 Å². The van der Waals surface area contributed by atoms with Crippen LogP contribution in [0.1, 0.15) is 46.5 Å². The summed E-state index contributed by atoms with van der Waals surface area (Å²) in [4.78, 5) is 14.0. The highest BCUT2D eigenvalue weighted by molar-refractivity contribution is 5.74. The van der Waals surface area contributed by atoms with Crippen LogP contribution in [0.25, 0.3) is 0 Å². The molecule has 0 aromatic rings. The van der Waals surface area contributed by atoms with Crippen molar-refractivity contribution in [1.29, 1.82) is 0 Å². The molecule has 4 heteroatoms. The molecule has 0 radical (unpaired) electrons. The van der Waals surface area contributed by atoms with Gasteiger partial charge < -0.3 is 15.5 Å². The molecule has 4 nitrogen and oxygen atoms in total. The summed E-state index contributed by atoms with van der Waals surface area (Å²) in [6, 6.07) is 0.226. The van der Waals surface area contributed by atoms with Crippen LogP contribution in [-0.4, -0.2) is 43.2 Å². The van der Waals surface area contributed by atoms with Gasteiger partial charge in [0.2, 0.25) is 0 Å². The predicted octanol–water partition coefficient (Wildman–Crippen LogP) is 2.21. The van der Waals surface area contributed by atoms with Crippen LogP contribution in [0, 0.1) is 5.92 Å². The van der Waals surface area contributed by atoms with Gasteiger partial charge in [-0.3, -0.25) is 0 Å². The van der Waals surface area contributed by atoms with Crippen LogP contribution in [0.15, 0.2) is 0 Å². The van der Waals surface area contributed by atoms with Crippen molar-refractivity contribution in [1.82, 2.24) is 15.5 Å². The Bertz CT molecular complexity index is 245. The second-order valence-corrected chi connectivity index (χ2v) is 5.61. The predicted molar refractivity (Wildman–Crippen MR) is 75.7 cm³/mol. The zero-order valence-electron chi connectivity index (χ0n) is 12.2. The molecule has 0 aromatic carbocycles. The van der Waals surface area contributed by atoms with E-state index in [-0.39, 0.29) is 12.1 Å². The quantitative estimate of drug-likeness (QED) is 0.715. The average molecular weight is 255 g/mol. The van der Waals surface area contributed by atoms with Gasteiger partial charge in [-0.2, -0.15) is 0 Å². The zero-order valence-corrected chi connectivity index (χ0v) is 12.2. The van der Waals surface area contributed by atoms with Crippen molar-refractivity contribution in [2.45, 2.75) is 52.5 Å². The van der Waals surface area contributed by atoms with Crippen molar-refractivity contribution < 1.29 is 4.79 Å². The number of likely N-dealkylation sites (tertiary alicyclic amines) is 1. The van der Waals surface area contributed by atoms with Gasteiger partial charge in [0.05, 0.1) is 0 Å². The Kier molecular flexibility index (Phi) is 7.09. The number of carbonyl (C=O) groups excluding carboxylic acids is 1. The maximum absolute atomic E-state index is 11.5. The van der Waals surface area contributed by atoms with E-state index < -0.39 is 0 Å². The van der Waals surface area contributed by atoms with Crippen LogP contribution in [0.4, 0.5) is 4.79 Å². The van der Waals surface area contributed by atoms with E-state index in [1.807, 2.05) is 6.92 Å². The third-order valence-electron chi connectivity index (χ3n) is 3.67. The molecule has 1 rings (SSSR count). The van der Waals surface area contributed by atoms with E-state index in [1.165, 1.54) is 25.9 Å². The first kappa shape index (κ1) is 15.3. The molecule has 1 saturated heterocycles. The minimum Gasteiger partial charge on any atom is -0.338 e. The summed E-state index contributed by atoms with van der Waals surface area (Å²) in [6.45, 7) is 10.7. The van der Waals surface area contributed by atoms with Gasteiger partial charge in [0.15, 0.2) is 0 Å². The van der Waals surface area contributed by atoms with Gasteiger partial charge in [-0.05, 0) is 51.6 Å². The minimum absolute atomic E-state index is 0.0311. The van der Waals surface area contributed by atoms with Crippen molar-refractivity contribution >= 4 is 6.03 Å². The molecule has 0 aromatic heterocycles. The number of hydrogen-bond donors (Lipinski definition) is 2. The van der Waals surface area contributed by atoms with Crippen LogP contribution < -0.4 is 10.6 Å². The Balaban J connectivity index is 2.02. The Morgan fingerprint density at radius 1 is 1.50 bits per heavy atom. The molecule has 106 valence electrons. The summed E-state index contributed by atoms with van der Waals surface area (Å²) < 4.78 is 0. The number of carbonyl (C=O) groups is 1. The molecule has 1 aliphatic rings. The summed E-state index contributed by atoms with van der Waals surface area (Å²) in [6.07, 6.45) is 4.70. The Hall–Kier alpha value is -0.770. The molecule has 1 heterocycles. The van der Waals surface area contributed by atoms with Gasteiger partial charge >= 0.3 is 6.03 Å². The summed E-state index contributed by atoms with van der Waals surface area (Å²) >= 11 is 0. The van der Waals surface area contributed by atoms with E-state index >= 15 is 0 Å². The average Bonchev–Trinajstić information content (AvgIpc) is 2.34. The number of rotatable bonds is 6. The molecule has 2 atom stereocenters. The number of nitrogens with zero attached hydrogens (tertiary/aromatic N) is 1. The van der Waals surface area contributed by atoms with Crippen molar-refractivity contribution in [3.63, 3.8) is 0 Å². The van der Waals surface area contributed by atoms with Gasteiger partial charge in [0.25, 0.3) is 0 Å². The fraction of sp³-hybridized carbons (Fsp3) is 0.929. The van der Waals surface area contributed by atoms with E-state index in [2.05, 4.69) is 29.4 Å². The second kappa shape index (κ2) is 8.35. The molecule has 0 saturated carbocycles. The number of piperidine rings is 1. The first-order valence-corrected chi connectivity index (χ1v) is 7.38. The number of urea groups is 1. The van der Waals surface area contributed by atoms with Crippen LogP contribution in [-0.2, 0) is 0 Å². The smallest absolute Gasteiger partial charge is 0.314 e. The SMILES string of the molecule is CCC(C)NC(=O)NCCCN1CCCC(C)C1. The second-order valence-electron chi connectivity index (χ2n) is 5.61. The lowest BCUT2D eigenvalue weighted by atomic mass is 10.0. The Labute approximate surface area is 111 Å². The van der Waals surface area contributed by atoms with Crippen molar-refractivity contribution in [3.8, 4) is 0 Å². The molecular weight excluding hydrogens is 226 g/mol. The topological polar surface area (TPSA) is 44.4 Å². The summed E-state index contributed by atoms with van der Waals surface area (Å²) in [5, 5.41) is 5.83. The lowest BCUT2D eigenvalue weighted by Crippen LogP contribution is -2.42. The van der Waals surface area contributed by atoms with E-state index in [4.69, 9.17) is 0 Å². The lowest BCUT2D eigenvalue weighted by molar-refractivity contribution is 0.181. The van der Waals surface area contributed by atoms with Crippen molar-refractivity contribution in [2.75, 3.05) is 26.2 Å². The van der Waals surface area contributed by atoms with Crippen LogP contribution in [0.2, 0.25) is 0 Å². The Morgan fingerprint density at radius 3 is 2.94 bits per heavy atom. The van der Waals surface area contributed by atoms with Gasteiger partial charge in [0.1, 0.15) is 0 Å². The standard InChI is InChI=1S/C14H29N3O/c1-4-13(3)16-14(18)15-8-6-10-17-9-5-7-12(2)11-17/h12-13H,4-11H2,1-3H3,(H2,15,16,18). The fourth-order valence-corrected chi connectivity index (χ4v) is 2.37. The number of amides is 2. The normalized spacial score (nSPS) is 22.5. The lowest BCUT2D eigenvalue weighted by Gasteiger charge is -2.30. The third kappa shape index (κ3) is 6.24. The van der Waals surface area contributed by atoms with E-state index in [0.29, 0.717) is 0 Å². The number of hydrogen-bond acceptors (Lipinski definition) is 2. The van der Waals surface area contributed by atoms with Crippen molar-refractivity contribution in [2.24, 2.45) is 5.92 Å². The number of nitrogens with one attached hydrogen (secondary N) is 2. The first-order chi connectivity index (χ1) is 8.61. The molecule has 1 fully saturated rings. The first-order valence-electron chi connectivity index (χ1n) is 7.38. The van der Waals surface area contributed by atoms with E-state index in [9.17, 15) is 4.79 Å². The van der Waals surface area contributed by atoms with Gasteiger partial charge in [-0.25, -0.2) is 4.79 Å². The largest absolute Gasteiger partial charge is 0.338 e. The molecule has 0 bridgehead atoms. The molecule has 2 amide bonds. The molecule has 2 N–H and O–H groups in total. The molecule has 0 spiro atoms. The molecular formula is C14H29N3O. The fourth-order valence-electron chi connectivity index (χ4n) is 2.37. The Morgan fingerprint density at radius 2 is 2.28 bits per heavy atom. The van der Waals surface area contributed by atoms with Crippen LogP contribution >= 0.6 is 0 Å². The minimum atomic E-state index is -0.0311. The maximum atomic E-state index is 11.5. The highest BCUT2D eigenvalue weighted by Gasteiger charge is 2.15. The van der Waals surface area contributed by atoms with Gasteiger partial charge in [-0.15, -0.1) is 0 Å². The maximum Gasteiger partial charge on any atom is 0.314 e. The monoisotopic (exact) mass is 255 g/mol. The molecule has 0 aliphatic carbocycles. The molecule has 18 heavy (non-hydrogen) atoms. The highest BCUT2D eigenvalue weighted by Crippen LogP contribution is 2.15. The third-order valence-corrected chi connectivity index (χ3v) is 3.67. The van der Waals surface area contributed by atoms with Gasteiger partial charge in [-0.1, -0.05) is 13.8 Å². The van der Waals surface area contributed by atoms with Crippen molar-refractivity contribution in [3.05, 3.63) is 0 Å². The summed E-state index contributed by atoms with van der Waals surface area (Å²) in [7, 11) is 0. The van der Waals surface area contributed by atoms with Crippen LogP contribution in [0.5, 0.6) is 0 Å². The molecule has 2 unspecified atom stereocenters. The van der Waals surface area contributed by atoms with E-state index in [0.717, 1.165) is 31.8 Å².